The third-order valence-corrected chi connectivity index (χ3v) is 6.57. The molecule has 0 saturated carbocycles. The van der Waals surface area contributed by atoms with Crippen molar-refractivity contribution in [2.45, 2.75) is 45.1 Å². The van der Waals surface area contributed by atoms with Crippen molar-refractivity contribution >= 4 is 11.8 Å². The minimum Gasteiger partial charge on any atom is -0.355 e. The second kappa shape index (κ2) is 10.1. The minimum atomic E-state index is 0.0112. The van der Waals surface area contributed by atoms with Crippen molar-refractivity contribution in [2.24, 2.45) is 5.92 Å². The zero-order valence-corrected chi connectivity index (χ0v) is 18.3. The number of rotatable bonds is 6. The first kappa shape index (κ1) is 21.6. The number of aromatic nitrogens is 2. The Hall–Kier alpha value is -2.67. The average Bonchev–Trinajstić information content (AvgIpc) is 3.25. The minimum absolute atomic E-state index is 0.0112. The van der Waals surface area contributed by atoms with E-state index >= 15 is 0 Å². The van der Waals surface area contributed by atoms with Crippen molar-refractivity contribution < 1.29 is 9.59 Å². The van der Waals surface area contributed by atoms with E-state index in [-0.39, 0.29) is 17.7 Å². The number of nitrogens with one attached hydrogen (secondary N) is 2. The summed E-state index contributed by atoms with van der Waals surface area (Å²) in [5.41, 5.74) is 2.65. The smallest absolute Gasteiger partial charge is 0.274 e. The highest BCUT2D eigenvalue weighted by atomic mass is 16.2. The standard InChI is InChI=1S/C24H33N5O2/c1-18-16-22(27-26-18)24(31)28-14-10-21(11-15-28)29-13-5-8-20(17-29)23(30)25-12-9-19-6-3-2-4-7-19/h2-4,6-7,16,20-21H,5,8-15,17H2,1H3,(H,25,30)(H,26,27). The van der Waals surface area contributed by atoms with Crippen LogP contribution in [0.1, 0.15) is 47.4 Å². The van der Waals surface area contributed by atoms with Crippen LogP contribution in [0.15, 0.2) is 36.4 Å². The van der Waals surface area contributed by atoms with Gasteiger partial charge in [0.1, 0.15) is 5.69 Å². The summed E-state index contributed by atoms with van der Waals surface area (Å²) in [4.78, 5) is 29.7. The molecule has 2 amide bonds. The Labute approximate surface area is 184 Å². The third-order valence-electron chi connectivity index (χ3n) is 6.57. The van der Waals surface area contributed by atoms with Gasteiger partial charge in [0.25, 0.3) is 5.91 Å². The van der Waals surface area contributed by atoms with Crippen LogP contribution >= 0.6 is 0 Å². The molecule has 2 saturated heterocycles. The van der Waals surface area contributed by atoms with Crippen LogP contribution in [-0.4, -0.2) is 70.6 Å². The first-order valence-electron chi connectivity index (χ1n) is 11.5. The number of carbonyl (C=O) groups excluding carboxylic acids is 2. The van der Waals surface area contributed by atoms with Crippen molar-refractivity contribution in [3.05, 3.63) is 53.3 Å². The van der Waals surface area contributed by atoms with Crippen molar-refractivity contribution in [1.82, 2.24) is 25.3 Å². The maximum Gasteiger partial charge on any atom is 0.274 e. The van der Waals surface area contributed by atoms with E-state index in [4.69, 9.17) is 0 Å². The second-order valence-corrected chi connectivity index (χ2v) is 8.82. The highest BCUT2D eigenvalue weighted by Gasteiger charge is 2.33. The van der Waals surface area contributed by atoms with E-state index in [0.29, 0.717) is 18.3 Å². The van der Waals surface area contributed by atoms with Gasteiger partial charge in [0.05, 0.1) is 5.92 Å². The zero-order chi connectivity index (χ0) is 21.6. The van der Waals surface area contributed by atoms with Crippen LogP contribution in [-0.2, 0) is 11.2 Å². The van der Waals surface area contributed by atoms with Gasteiger partial charge < -0.3 is 10.2 Å². The van der Waals surface area contributed by atoms with Crippen LogP contribution in [0.2, 0.25) is 0 Å². The summed E-state index contributed by atoms with van der Waals surface area (Å²) in [7, 11) is 0. The third kappa shape index (κ3) is 5.53. The predicted octanol–water partition coefficient (Wildman–Crippen LogP) is 2.39. The average molecular weight is 424 g/mol. The summed E-state index contributed by atoms with van der Waals surface area (Å²) in [6.45, 7) is 5.96. The highest BCUT2D eigenvalue weighted by Crippen LogP contribution is 2.24. The maximum atomic E-state index is 12.7. The number of piperidine rings is 2. The monoisotopic (exact) mass is 423 g/mol. The van der Waals surface area contributed by atoms with Gasteiger partial charge in [0.2, 0.25) is 5.91 Å². The number of nitrogens with zero attached hydrogens (tertiary/aromatic N) is 3. The molecule has 4 rings (SSSR count). The zero-order valence-electron chi connectivity index (χ0n) is 18.3. The molecule has 2 aliphatic rings. The van der Waals surface area contributed by atoms with E-state index in [2.05, 4.69) is 32.5 Å². The number of aromatic amines is 1. The molecule has 7 nitrogen and oxygen atoms in total. The summed E-state index contributed by atoms with van der Waals surface area (Å²) in [5, 5.41) is 10.1. The number of amides is 2. The lowest BCUT2D eigenvalue weighted by Gasteiger charge is -2.41. The van der Waals surface area contributed by atoms with Gasteiger partial charge in [0, 0.05) is 37.9 Å². The van der Waals surface area contributed by atoms with Crippen LogP contribution in [0.4, 0.5) is 0 Å². The molecule has 1 unspecified atom stereocenters. The molecule has 0 bridgehead atoms. The van der Waals surface area contributed by atoms with Gasteiger partial charge in [-0.25, -0.2) is 0 Å². The van der Waals surface area contributed by atoms with E-state index in [9.17, 15) is 9.59 Å². The molecule has 1 aromatic carbocycles. The molecule has 7 heteroatoms. The van der Waals surface area contributed by atoms with Gasteiger partial charge in [-0.2, -0.15) is 5.10 Å². The highest BCUT2D eigenvalue weighted by molar-refractivity contribution is 5.92. The van der Waals surface area contributed by atoms with Gasteiger partial charge in [-0.3, -0.25) is 19.6 Å². The van der Waals surface area contributed by atoms with Gasteiger partial charge in [-0.05, 0) is 57.2 Å². The first-order chi connectivity index (χ1) is 15.1. The van der Waals surface area contributed by atoms with Crippen LogP contribution in [0.3, 0.4) is 0 Å². The van der Waals surface area contributed by atoms with E-state index in [0.717, 1.165) is 64.0 Å². The number of aryl methyl sites for hydroxylation is 1. The Bertz CT molecular complexity index is 873. The molecular weight excluding hydrogens is 390 g/mol. The molecule has 2 N–H and O–H groups in total. The summed E-state index contributed by atoms with van der Waals surface area (Å²) in [6, 6.07) is 12.5. The van der Waals surface area contributed by atoms with Crippen LogP contribution in [0, 0.1) is 12.8 Å². The van der Waals surface area contributed by atoms with Crippen molar-refractivity contribution in [2.75, 3.05) is 32.7 Å². The van der Waals surface area contributed by atoms with Gasteiger partial charge in [0.15, 0.2) is 0 Å². The Morgan fingerprint density at radius 3 is 2.61 bits per heavy atom. The molecular formula is C24H33N5O2. The number of carbonyl (C=O) groups is 2. The largest absolute Gasteiger partial charge is 0.355 e. The summed E-state index contributed by atoms with van der Waals surface area (Å²) in [6.07, 6.45) is 4.80. The molecule has 0 spiro atoms. The maximum absolute atomic E-state index is 12.7. The molecule has 0 radical (unpaired) electrons. The van der Waals surface area contributed by atoms with E-state index in [1.165, 1.54) is 5.56 Å². The lowest BCUT2D eigenvalue weighted by molar-refractivity contribution is -0.127. The molecule has 1 atom stereocenters. The molecule has 2 aliphatic heterocycles. The van der Waals surface area contributed by atoms with E-state index in [1.54, 1.807) is 6.07 Å². The lowest BCUT2D eigenvalue weighted by atomic mass is 9.93. The number of hydrogen-bond donors (Lipinski definition) is 2. The second-order valence-electron chi connectivity index (χ2n) is 8.82. The number of likely N-dealkylation sites (tertiary alicyclic amines) is 2. The molecule has 2 fully saturated rings. The molecule has 166 valence electrons. The molecule has 2 aromatic rings. The summed E-state index contributed by atoms with van der Waals surface area (Å²) >= 11 is 0. The van der Waals surface area contributed by atoms with Crippen LogP contribution in [0.25, 0.3) is 0 Å². The van der Waals surface area contributed by atoms with Crippen molar-refractivity contribution in [3.63, 3.8) is 0 Å². The Morgan fingerprint density at radius 2 is 1.90 bits per heavy atom. The Balaban J connectivity index is 1.22. The quantitative estimate of drug-likeness (QED) is 0.748. The predicted molar refractivity (Wildman–Crippen MR) is 120 cm³/mol. The van der Waals surface area contributed by atoms with Gasteiger partial charge in [-0.15, -0.1) is 0 Å². The van der Waals surface area contributed by atoms with E-state index < -0.39 is 0 Å². The topological polar surface area (TPSA) is 81.3 Å². The SMILES string of the molecule is Cc1cc(C(=O)N2CCC(N3CCCC(C(=O)NCCc4ccccc4)C3)CC2)n[nH]1. The van der Waals surface area contributed by atoms with Crippen molar-refractivity contribution in [3.8, 4) is 0 Å². The summed E-state index contributed by atoms with van der Waals surface area (Å²) < 4.78 is 0. The molecule has 3 heterocycles. The van der Waals surface area contributed by atoms with Crippen LogP contribution in [0.5, 0.6) is 0 Å². The molecule has 31 heavy (non-hydrogen) atoms. The summed E-state index contributed by atoms with van der Waals surface area (Å²) in [5.74, 6) is 0.260. The Kier molecular flexibility index (Phi) is 7.02. The fraction of sp³-hybridized carbons (Fsp3) is 0.542. The van der Waals surface area contributed by atoms with Gasteiger partial charge in [-0.1, -0.05) is 30.3 Å². The number of benzene rings is 1. The molecule has 0 aliphatic carbocycles. The number of hydrogen-bond acceptors (Lipinski definition) is 4. The first-order valence-corrected chi connectivity index (χ1v) is 11.5. The van der Waals surface area contributed by atoms with E-state index in [1.807, 2.05) is 30.0 Å². The number of H-pyrrole nitrogens is 1. The van der Waals surface area contributed by atoms with Crippen molar-refractivity contribution in [1.29, 1.82) is 0 Å². The normalized spacial score (nSPS) is 20.5. The lowest BCUT2D eigenvalue weighted by Crippen LogP contribution is -2.51. The van der Waals surface area contributed by atoms with Crippen LogP contribution < -0.4 is 5.32 Å². The fourth-order valence-electron chi connectivity index (χ4n) is 4.79. The molecule has 1 aromatic heterocycles. The Morgan fingerprint density at radius 1 is 1.13 bits per heavy atom. The van der Waals surface area contributed by atoms with Gasteiger partial charge >= 0.3 is 0 Å². The fourth-order valence-corrected chi connectivity index (χ4v) is 4.79.